The van der Waals surface area contributed by atoms with E-state index in [1.807, 2.05) is 78.9 Å². The average molecular weight is 1290 g/mol. The zero-order chi connectivity index (χ0) is 67.0. The van der Waals surface area contributed by atoms with Gasteiger partial charge < -0.3 is 19.7 Å². The Hall–Kier alpha value is -10.5. The third kappa shape index (κ3) is 15.3. The lowest BCUT2D eigenvalue weighted by Gasteiger charge is -2.23. The maximum atomic E-state index is 15.4. The quantitative estimate of drug-likeness (QED) is 0.0102. The van der Waals surface area contributed by atoms with Gasteiger partial charge >= 0.3 is 0 Å². The molecule has 7 aromatic carbocycles. The summed E-state index contributed by atoms with van der Waals surface area (Å²) in [6.07, 6.45) is 10.6. The molecule has 0 saturated heterocycles. The van der Waals surface area contributed by atoms with Crippen molar-refractivity contribution in [2.75, 3.05) is 31.6 Å². The lowest BCUT2D eigenvalue weighted by molar-refractivity contribution is -0.129. The summed E-state index contributed by atoms with van der Waals surface area (Å²) in [5.74, 6) is 4.46. The number of unbranched alkanes of at least 4 members (excludes halogenated alkanes) is 10. The molecule has 3 aliphatic rings. The fourth-order valence-electron chi connectivity index (χ4n) is 13.0. The van der Waals surface area contributed by atoms with Crippen molar-refractivity contribution in [3.05, 3.63) is 260 Å². The zero-order valence-electron chi connectivity index (χ0n) is 53.7. The van der Waals surface area contributed by atoms with Gasteiger partial charge in [-0.15, -0.1) is 0 Å². The van der Waals surface area contributed by atoms with E-state index in [1.165, 1.54) is 14.7 Å². The predicted molar refractivity (Wildman–Crippen MR) is 364 cm³/mol. The SMILES string of the molecule is O=C(CCc1cc(C(=O)Nc2cc(CCCCCCN3C(=O)c4ccccc4C3=O)c(OCCCCCCCN3C(=O)c4ccccc4C3=O)c(CCCCCCN3C(=O)c4ccccc4C3=O)c2)n(Cc2ccccc2)c1C#CC(O)(c1ccccc1)c1ccccc1)NO. The van der Waals surface area contributed by atoms with Crippen LogP contribution in [0.5, 0.6) is 5.75 Å². The van der Waals surface area contributed by atoms with Crippen LogP contribution in [0.4, 0.5) is 5.69 Å². The van der Waals surface area contributed by atoms with E-state index in [4.69, 9.17) is 4.74 Å². The molecule has 1 aromatic heterocycles. The van der Waals surface area contributed by atoms with E-state index >= 15 is 4.79 Å². The normalized spacial score (nSPS) is 13.2. The van der Waals surface area contributed by atoms with Gasteiger partial charge in [0.25, 0.3) is 41.4 Å². The molecule has 0 unspecified atom stereocenters. The molecule has 96 heavy (non-hydrogen) atoms. The number of hydrogen-bond donors (Lipinski definition) is 4. The van der Waals surface area contributed by atoms with Crippen molar-refractivity contribution in [2.45, 2.75) is 121 Å². The standard InChI is InChI=1S/C79H78N6O11/c86-70(81-95)44-43-56-53-69(85(54-55-29-11-8-12-30-55)68(56)45-46-79(94,59-33-15-9-16-34-59)60-35-17-10-18-36-60)72(87)80-61-51-57(31-13-2-5-26-48-83-75(90)64-39-21-22-40-65(64)76(83)91)71(96-50-28-7-1-4-25-47-82-73(88)62-37-19-20-38-63(62)74(82)89)58(52-61)32-14-3-6-27-49-84-77(92)66-41-23-24-42-67(66)78(84)93/h8-12,15-24,29-30,33-42,51-53,94-95H,1-7,13-14,25-28,31-32,43-44,47-50,54H2,(H,80,87)(H,81,86). The van der Waals surface area contributed by atoms with Crippen LogP contribution in [0.25, 0.3) is 0 Å². The zero-order valence-corrected chi connectivity index (χ0v) is 53.7. The summed E-state index contributed by atoms with van der Waals surface area (Å²) >= 11 is 0. The fourth-order valence-corrected chi connectivity index (χ4v) is 13.0. The molecular formula is C79H78N6O11. The van der Waals surface area contributed by atoms with Crippen LogP contribution in [0.2, 0.25) is 0 Å². The average Bonchev–Trinajstić information content (AvgIpc) is 1.82. The Kier molecular flexibility index (Phi) is 22.0. The van der Waals surface area contributed by atoms with Crippen LogP contribution in [0.15, 0.2) is 182 Å². The number of nitrogens with zero attached hydrogens (tertiary/aromatic N) is 4. The maximum absolute atomic E-state index is 15.4. The Labute approximate surface area is 559 Å². The van der Waals surface area contributed by atoms with Crippen molar-refractivity contribution >= 4 is 52.9 Å². The second kappa shape index (κ2) is 31.6. The molecular weight excluding hydrogens is 1210 g/mol. The highest BCUT2D eigenvalue weighted by Gasteiger charge is 2.37. The molecule has 17 nitrogen and oxygen atoms in total. The van der Waals surface area contributed by atoms with E-state index in [-0.39, 0.29) is 60.5 Å². The second-order valence-electron chi connectivity index (χ2n) is 24.6. The molecule has 4 heterocycles. The van der Waals surface area contributed by atoms with E-state index in [0.717, 1.165) is 73.8 Å². The highest BCUT2D eigenvalue weighted by Crippen LogP contribution is 2.35. The number of anilines is 1. The minimum Gasteiger partial charge on any atom is -0.493 e. The van der Waals surface area contributed by atoms with Crippen LogP contribution in [0.3, 0.4) is 0 Å². The second-order valence-corrected chi connectivity index (χ2v) is 24.6. The highest BCUT2D eigenvalue weighted by atomic mass is 16.5. The largest absolute Gasteiger partial charge is 0.493 e. The summed E-state index contributed by atoms with van der Waals surface area (Å²) < 4.78 is 8.68. The van der Waals surface area contributed by atoms with Gasteiger partial charge in [0.15, 0.2) is 5.60 Å². The lowest BCUT2D eigenvalue weighted by Crippen LogP contribution is -2.30. The molecule has 8 aromatic rings. The van der Waals surface area contributed by atoms with Crippen LogP contribution < -0.4 is 15.5 Å². The first-order valence-corrected chi connectivity index (χ1v) is 33.3. The Morgan fingerprint density at radius 2 is 0.833 bits per heavy atom. The Balaban J connectivity index is 0.871. The predicted octanol–water partition coefficient (Wildman–Crippen LogP) is 12.9. The molecule has 8 amide bonds. The summed E-state index contributed by atoms with van der Waals surface area (Å²) in [6, 6.07) is 54.1. The lowest BCUT2D eigenvalue weighted by atomic mass is 9.86. The topological polar surface area (TPSA) is 225 Å². The van der Waals surface area contributed by atoms with Crippen molar-refractivity contribution in [3.8, 4) is 17.6 Å². The fraction of sp³-hybridized carbons (Fsp3) is 0.291. The number of amides is 8. The highest BCUT2D eigenvalue weighted by molar-refractivity contribution is 6.22. The number of carbonyl (C=O) groups is 8. The summed E-state index contributed by atoms with van der Waals surface area (Å²) in [7, 11) is 0. The first kappa shape index (κ1) is 66.9. The molecule has 17 heteroatoms. The van der Waals surface area contributed by atoms with Gasteiger partial charge in [-0.3, -0.25) is 58.3 Å². The number of carbonyl (C=O) groups excluding carboxylic acids is 8. The maximum Gasteiger partial charge on any atom is 0.272 e. The molecule has 0 bridgehead atoms. The van der Waals surface area contributed by atoms with Crippen molar-refractivity contribution in [2.24, 2.45) is 0 Å². The molecule has 0 saturated carbocycles. The van der Waals surface area contributed by atoms with Gasteiger partial charge in [0, 0.05) is 49.4 Å². The van der Waals surface area contributed by atoms with Gasteiger partial charge in [0.05, 0.1) is 45.7 Å². The minimum absolute atomic E-state index is 0.0837. The van der Waals surface area contributed by atoms with E-state index in [1.54, 1.807) is 113 Å². The van der Waals surface area contributed by atoms with Gasteiger partial charge in [-0.1, -0.05) is 178 Å². The van der Waals surface area contributed by atoms with E-state index in [2.05, 4.69) is 17.2 Å². The monoisotopic (exact) mass is 1290 g/mol. The summed E-state index contributed by atoms with van der Waals surface area (Å²) in [6.45, 7) is 1.51. The van der Waals surface area contributed by atoms with E-state index in [9.17, 15) is 43.9 Å². The molecule has 0 atom stereocenters. The third-order valence-electron chi connectivity index (χ3n) is 18.1. The minimum atomic E-state index is -1.80. The number of fused-ring (bicyclic) bond motifs is 3. The van der Waals surface area contributed by atoms with E-state index < -0.39 is 17.4 Å². The van der Waals surface area contributed by atoms with Crippen LogP contribution in [-0.4, -0.2) is 103 Å². The molecule has 0 fully saturated rings. The van der Waals surface area contributed by atoms with Crippen molar-refractivity contribution in [1.82, 2.24) is 24.7 Å². The molecule has 4 N–H and O–H groups in total. The Morgan fingerprint density at radius 1 is 0.448 bits per heavy atom. The number of ether oxygens (including phenoxy) is 1. The number of imide groups is 3. The number of rotatable bonds is 32. The number of aryl methyl sites for hydroxylation is 3. The first-order chi connectivity index (χ1) is 46.8. The molecule has 3 aliphatic heterocycles. The van der Waals surface area contributed by atoms with Crippen LogP contribution in [-0.2, 0) is 36.2 Å². The molecule has 0 spiro atoms. The first-order valence-electron chi connectivity index (χ1n) is 33.3. The number of hydrogen-bond acceptors (Lipinski definition) is 11. The van der Waals surface area contributed by atoms with Crippen LogP contribution in [0, 0.1) is 11.8 Å². The van der Waals surface area contributed by atoms with Crippen molar-refractivity contribution < 1.29 is 53.4 Å². The Bertz CT molecular complexity index is 4000. The summed E-state index contributed by atoms with van der Waals surface area (Å²) in [5, 5.41) is 25.6. The van der Waals surface area contributed by atoms with Gasteiger partial charge in [-0.05, 0) is 141 Å². The number of aromatic nitrogens is 1. The molecule has 0 aliphatic carbocycles. The van der Waals surface area contributed by atoms with Gasteiger partial charge in [0.2, 0.25) is 5.91 Å². The van der Waals surface area contributed by atoms with Crippen LogP contribution in [0.1, 0.15) is 202 Å². The number of aliphatic hydroxyl groups is 1. The van der Waals surface area contributed by atoms with E-state index in [0.29, 0.717) is 133 Å². The third-order valence-corrected chi connectivity index (χ3v) is 18.1. The Morgan fingerprint density at radius 3 is 1.26 bits per heavy atom. The van der Waals surface area contributed by atoms with Gasteiger partial charge in [-0.2, -0.15) is 0 Å². The number of benzene rings is 7. The molecule has 11 rings (SSSR count). The van der Waals surface area contributed by atoms with Gasteiger partial charge in [-0.25, -0.2) is 5.48 Å². The smallest absolute Gasteiger partial charge is 0.272 e. The van der Waals surface area contributed by atoms with Crippen LogP contribution >= 0.6 is 0 Å². The summed E-state index contributed by atoms with van der Waals surface area (Å²) in [4.78, 5) is 111. The summed E-state index contributed by atoms with van der Waals surface area (Å²) in [5.41, 5.74) is 7.79. The molecule has 490 valence electrons. The van der Waals surface area contributed by atoms with Gasteiger partial charge in [0.1, 0.15) is 11.4 Å². The number of nitrogens with one attached hydrogen (secondary N) is 2. The van der Waals surface area contributed by atoms with Crippen molar-refractivity contribution in [1.29, 1.82) is 0 Å². The number of hydroxylamine groups is 1. The molecule has 0 radical (unpaired) electrons. The van der Waals surface area contributed by atoms with Crippen molar-refractivity contribution in [3.63, 3.8) is 0 Å².